The molecule has 1 amide bonds. The Morgan fingerprint density at radius 3 is 2.88 bits per heavy atom. The van der Waals surface area contributed by atoms with Crippen molar-refractivity contribution in [2.75, 3.05) is 5.32 Å². The smallest absolute Gasteiger partial charge is 0.277 e. The van der Waals surface area contributed by atoms with Crippen LogP contribution in [0.15, 0.2) is 43.0 Å². The number of benzene rings is 1. The SMILES string of the molecule is O=C(Nc1nc2ccc(Cl)cc2s1)c1ccc(-n2cncn2)nn1. The quantitative estimate of drug-likeness (QED) is 0.605. The second-order valence-electron chi connectivity index (χ2n) is 4.70. The van der Waals surface area contributed by atoms with Gasteiger partial charge in [-0.2, -0.15) is 5.10 Å². The van der Waals surface area contributed by atoms with Gasteiger partial charge in [-0.15, -0.1) is 10.2 Å². The largest absolute Gasteiger partial charge is 0.296 e. The molecule has 0 spiro atoms. The van der Waals surface area contributed by atoms with E-state index in [1.807, 2.05) is 0 Å². The lowest BCUT2D eigenvalue weighted by molar-refractivity contribution is 0.102. The molecule has 0 aliphatic heterocycles. The normalized spacial score (nSPS) is 10.9. The Kier molecular flexibility index (Phi) is 3.63. The number of nitrogens with one attached hydrogen (secondary N) is 1. The Labute approximate surface area is 144 Å². The van der Waals surface area contributed by atoms with Crippen LogP contribution in [0.3, 0.4) is 0 Å². The molecule has 8 nitrogen and oxygen atoms in total. The van der Waals surface area contributed by atoms with Crippen molar-refractivity contribution in [1.82, 2.24) is 29.9 Å². The summed E-state index contributed by atoms with van der Waals surface area (Å²) in [6.45, 7) is 0. The van der Waals surface area contributed by atoms with Crippen LogP contribution in [-0.4, -0.2) is 35.9 Å². The minimum atomic E-state index is -0.391. The predicted octanol–water partition coefficient (Wildman–Crippen LogP) is 2.57. The number of anilines is 1. The first-order chi connectivity index (χ1) is 11.7. The third-order valence-electron chi connectivity index (χ3n) is 3.11. The molecule has 4 rings (SSSR count). The maximum atomic E-state index is 12.2. The summed E-state index contributed by atoms with van der Waals surface area (Å²) < 4.78 is 2.34. The van der Waals surface area contributed by atoms with Gasteiger partial charge in [0.15, 0.2) is 16.6 Å². The average molecular weight is 358 g/mol. The Bertz CT molecular complexity index is 1010. The van der Waals surface area contributed by atoms with Gasteiger partial charge < -0.3 is 0 Å². The third-order valence-corrected chi connectivity index (χ3v) is 4.28. The number of fused-ring (bicyclic) bond motifs is 1. The van der Waals surface area contributed by atoms with E-state index in [-0.39, 0.29) is 5.69 Å². The van der Waals surface area contributed by atoms with Gasteiger partial charge >= 0.3 is 0 Å². The highest BCUT2D eigenvalue weighted by molar-refractivity contribution is 7.22. The van der Waals surface area contributed by atoms with Gasteiger partial charge in [-0.05, 0) is 30.3 Å². The predicted molar refractivity (Wildman–Crippen MR) is 89.5 cm³/mol. The van der Waals surface area contributed by atoms with Crippen molar-refractivity contribution in [3.63, 3.8) is 0 Å². The number of hydrogen-bond donors (Lipinski definition) is 1. The van der Waals surface area contributed by atoms with Gasteiger partial charge in [0.2, 0.25) is 0 Å². The lowest BCUT2D eigenvalue weighted by atomic mass is 10.3. The first-order valence-electron chi connectivity index (χ1n) is 6.75. The van der Waals surface area contributed by atoms with Crippen LogP contribution >= 0.6 is 22.9 Å². The molecule has 0 aliphatic carbocycles. The number of aromatic nitrogens is 6. The van der Waals surface area contributed by atoms with Crippen LogP contribution < -0.4 is 5.32 Å². The van der Waals surface area contributed by atoms with Crippen molar-refractivity contribution < 1.29 is 4.79 Å². The summed E-state index contributed by atoms with van der Waals surface area (Å²) in [5.74, 6) is 0.0801. The van der Waals surface area contributed by atoms with Gasteiger partial charge in [0.1, 0.15) is 12.7 Å². The molecule has 0 saturated carbocycles. The molecule has 1 aromatic carbocycles. The highest BCUT2D eigenvalue weighted by atomic mass is 35.5. The van der Waals surface area contributed by atoms with Gasteiger partial charge in [0.25, 0.3) is 5.91 Å². The van der Waals surface area contributed by atoms with E-state index in [4.69, 9.17) is 11.6 Å². The average Bonchev–Trinajstić information content (AvgIpc) is 3.23. The number of carbonyl (C=O) groups is 1. The molecule has 0 fully saturated rings. The molecular formula is C14H8ClN7OS. The molecule has 0 bridgehead atoms. The van der Waals surface area contributed by atoms with E-state index < -0.39 is 5.91 Å². The lowest BCUT2D eigenvalue weighted by Crippen LogP contribution is -2.14. The molecule has 24 heavy (non-hydrogen) atoms. The minimum absolute atomic E-state index is 0.177. The standard InChI is InChI=1S/C14H8ClN7OS/c15-8-1-2-9-11(5-8)24-14(18-9)19-13(23)10-3-4-12(21-20-10)22-7-16-6-17-22/h1-7H,(H,18,19,23). The summed E-state index contributed by atoms with van der Waals surface area (Å²) in [7, 11) is 0. The summed E-state index contributed by atoms with van der Waals surface area (Å²) in [6, 6.07) is 8.55. The van der Waals surface area contributed by atoms with Gasteiger partial charge in [0.05, 0.1) is 10.2 Å². The monoisotopic (exact) mass is 357 g/mol. The molecule has 1 N–H and O–H groups in total. The fraction of sp³-hybridized carbons (Fsp3) is 0. The van der Waals surface area contributed by atoms with Crippen molar-refractivity contribution in [2.24, 2.45) is 0 Å². The molecule has 0 unspecified atom stereocenters. The van der Waals surface area contributed by atoms with E-state index in [2.05, 4.69) is 30.6 Å². The van der Waals surface area contributed by atoms with Crippen molar-refractivity contribution in [1.29, 1.82) is 0 Å². The van der Waals surface area contributed by atoms with Crippen LogP contribution in [-0.2, 0) is 0 Å². The maximum Gasteiger partial charge on any atom is 0.277 e. The lowest BCUT2D eigenvalue weighted by Gasteiger charge is -2.01. The van der Waals surface area contributed by atoms with Crippen molar-refractivity contribution in [2.45, 2.75) is 0 Å². The van der Waals surface area contributed by atoms with Crippen LogP contribution in [0.2, 0.25) is 5.02 Å². The molecule has 3 aromatic heterocycles. The highest BCUT2D eigenvalue weighted by Gasteiger charge is 2.12. The molecule has 0 radical (unpaired) electrons. The highest BCUT2D eigenvalue weighted by Crippen LogP contribution is 2.28. The summed E-state index contributed by atoms with van der Waals surface area (Å²) in [5.41, 5.74) is 0.948. The number of rotatable bonds is 3. The minimum Gasteiger partial charge on any atom is -0.296 e. The Morgan fingerprint density at radius 2 is 2.12 bits per heavy atom. The molecule has 0 saturated heterocycles. The molecular weight excluding hydrogens is 350 g/mol. The van der Waals surface area contributed by atoms with E-state index >= 15 is 0 Å². The number of halogens is 1. The van der Waals surface area contributed by atoms with Crippen molar-refractivity contribution in [3.05, 3.63) is 53.7 Å². The van der Waals surface area contributed by atoms with Crippen molar-refractivity contribution in [3.8, 4) is 5.82 Å². The second-order valence-corrected chi connectivity index (χ2v) is 6.17. The van der Waals surface area contributed by atoms with Crippen LogP contribution in [0.5, 0.6) is 0 Å². The van der Waals surface area contributed by atoms with Crippen LogP contribution in [0.25, 0.3) is 16.0 Å². The fourth-order valence-electron chi connectivity index (χ4n) is 2.01. The fourth-order valence-corrected chi connectivity index (χ4v) is 3.15. The third kappa shape index (κ3) is 2.82. The van der Waals surface area contributed by atoms with Crippen molar-refractivity contribution >= 4 is 44.2 Å². The zero-order valence-corrected chi connectivity index (χ0v) is 13.5. The summed E-state index contributed by atoms with van der Waals surface area (Å²) in [4.78, 5) is 20.4. The van der Waals surface area contributed by atoms with Crippen LogP contribution in [0, 0.1) is 0 Å². The summed E-state index contributed by atoms with van der Waals surface area (Å²) in [6.07, 6.45) is 2.89. The zero-order valence-electron chi connectivity index (χ0n) is 11.9. The van der Waals surface area contributed by atoms with E-state index in [0.29, 0.717) is 16.0 Å². The number of thiazole rings is 1. The number of hydrogen-bond acceptors (Lipinski definition) is 7. The molecule has 118 valence electrons. The summed E-state index contributed by atoms with van der Waals surface area (Å²) >= 11 is 7.29. The Morgan fingerprint density at radius 1 is 1.21 bits per heavy atom. The zero-order chi connectivity index (χ0) is 16.5. The molecule has 0 aliphatic rings. The molecule has 4 aromatic rings. The number of carbonyl (C=O) groups excluding carboxylic acids is 1. The summed E-state index contributed by atoms with van der Waals surface area (Å²) in [5, 5.41) is 15.6. The maximum absolute atomic E-state index is 12.2. The van der Waals surface area contributed by atoms with Gasteiger partial charge in [0, 0.05) is 5.02 Å². The van der Waals surface area contributed by atoms with Crippen LogP contribution in [0.1, 0.15) is 10.5 Å². The van der Waals surface area contributed by atoms with E-state index in [0.717, 1.165) is 10.2 Å². The topological polar surface area (TPSA) is 98.5 Å². The molecule has 10 heteroatoms. The van der Waals surface area contributed by atoms with Gasteiger partial charge in [-0.1, -0.05) is 22.9 Å². The Balaban J connectivity index is 1.54. The first kappa shape index (κ1) is 14.7. The number of nitrogens with zero attached hydrogens (tertiary/aromatic N) is 6. The van der Waals surface area contributed by atoms with Gasteiger partial charge in [-0.3, -0.25) is 10.1 Å². The van der Waals surface area contributed by atoms with E-state index in [1.165, 1.54) is 28.7 Å². The van der Waals surface area contributed by atoms with Gasteiger partial charge in [-0.25, -0.2) is 14.6 Å². The first-order valence-corrected chi connectivity index (χ1v) is 7.95. The molecule has 3 heterocycles. The Hall–Kier alpha value is -2.91. The van der Waals surface area contributed by atoms with E-state index in [9.17, 15) is 4.79 Å². The second kappa shape index (κ2) is 5.95. The molecule has 0 atom stereocenters. The van der Waals surface area contributed by atoms with Crippen LogP contribution in [0.4, 0.5) is 5.13 Å². The van der Waals surface area contributed by atoms with E-state index in [1.54, 1.807) is 30.3 Å². The number of amides is 1.